The highest BCUT2D eigenvalue weighted by molar-refractivity contribution is 5.77. The van der Waals surface area contributed by atoms with Crippen molar-refractivity contribution in [2.24, 2.45) is 0 Å². The maximum Gasteiger partial charge on any atom is 0.317 e. The predicted molar refractivity (Wildman–Crippen MR) is 52.9 cm³/mol. The van der Waals surface area contributed by atoms with Crippen LogP contribution in [-0.4, -0.2) is 55.0 Å². The van der Waals surface area contributed by atoms with Crippen molar-refractivity contribution in [1.82, 2.24) is 15.1 Å². The molecule has 0 aromatic heterocycles. The van der Waals surface area contributed by atoms with Gasteiger partial charge in [0.05, 0.1) is 0 Å². The van der Waals surface area contributed by atoms with Gasteiger partial charge in [0.15, 0.2) is 0 Å². The molecule has 1 rings (SSSR count). The van der Waals surface area contributed by atoms with Crippen LogP contribution in [0.5, 0.6) is 0 Å². The van der Waals surface area contributed by atoms with Gasteiger partial charge in [0.1, 0.15) is 0 Å². The zero-order valence-electron chi connectivity index (χ0n) is 8.75. The molecule has 0 unspecified atom stereocenters. The van der Waals surface area contributed by atoms with E-state index in [1.54, 1.807) is 16.8 Å². The first-order valence-electron chi connectivity index (χ1n) is 4.93. The van der Waals surface area contributed by atoms with Crippen molar-refractivity contribution in [3.8, 4) is 0 Å². The molecule has 0 aromatic rings. The molecular weight excluding hydrogens is 182 g/mol. The first-order valence-corrected chi connectivity index (χ1v) is 4.93. The smallest absolute Gasteiger partial charge is 0.317 e. The summed E-state index contributed by atoms with van der Waals surface area (Å²) in [5, 5.41) is 2.58. The van der Waals surface area contributed by atoms with Crippen LogP contribution in [0.1, 0.15) is 13.3 Å². The van der Waals surface area contributed by atoms with E-state index in [4.69, 9.17) is 0 Å². The number of rotatable bonds is 1. The Labute approximate surface area is 84.0 Å². The second kappa shape index (κ2) is 4.83. The van der Waals surface area contributed by atoms with Crippen LogP contribution in [0.3, 0.4) is 0 Å². The van der Waals surface area contributed by atoms with Crippen LogP contribution in [-0.2, 0) is 4.79 Å². The summed E-state index contributed by atoms with van der Waals surface area (Å²) in [7, 11) is 1.62. The molecular formula is C9H17N3O2. The minimum absolute atomic E-state index is 0.0615. The monoisotopic (exact) mass is 199 g/mol. The van der Waals surface area contributed by atoms with E-state index < -0.39 is 0 Å². The molecule has 0 atom stereocenters. The van der Waals surface area contributed by atoms with Gasteiger partial charge in [-0.15, -0.1) is 0 Å². The Hall–Kier alpha value is -1.26. The van der Waals surface area contributed by atoms with Gasteiger partial charge in [-0.05, 0) is 0 Å². The number of piperazine rings is 1. The van der Waals surface area contributed by atoms with Crippen LogP contribution in [0.15, 0.2) is 0 Å². The lowest BCUT2D eigenvalue weighted by Gasteiger charge is -2.34. The number of nitrogens with one attached hydrogen (secondary N) is 1. The van der Waals surface area contributed by atoms with Gasteiger partial charge in [-0.25, -0.2) is 4.79 Å². The number of carbonyl (C=O) groups excluding carboxylic acids is 2. The Kier molecular flexibility index (Phi) is 3.73. The average molecular weight is 199 g/mol. The van der Waals surface area contributed by atoms with E-state index in [0.29, 0.717) is 32.6 Å². The molecule has 1 N–H and O–H groups in total. The highest BCUT2D eigenvalue weighted by Crippen LogP contribution is 2.03. The Bertz CT molecular complexity index is 198. The van der Waals surface area contributed by atoms with Crippen LogP contribution in [0.25, 0.3) is 0 Å². The topological polar surface area (TPSA) is 52.7 Å². The number of hydrogen-bond acceptors (Lipinski definition) is 2. The minimum Gasteiger partial charge on any atom is -0.341 e. The van der Waals surface area contributed by atoms with Crippen LogP contribution in [0, 0.1) is 0 Å². The number of urea groups is 1. The lowest BCUT2D eigenvalue weighted by atomic mass is 10.3. The van der Waals surface area contributed by atoms with E-state index in [1.165, 1.54) is 0 Å². The van der Waals surface area contributed by atoms with Crippen molar-refractivity contribution in [2.75, 3.05) is 33.2 Å². The highest BCUT2D eigenvalue weighted by atomic mass is 16.2. The molecule has 0 bridgehead atoms. The lowest BCUT2D eigenvalue weighted by Crippen LogP contribution is -2.52. The summed E-state index contributed by atoms with van der Waals surface area (Å²) in [6, 6.07) is -0.0615. The molecule has 1 fully saturated rings. The molecule has 3 amide bonds. The summed E-state index contributed by atoms with van der Waals surface area (Å²) in [5.74, 6) is 0.168. The van der Waals surface area contributed by atoms with Crippen molar-refractivity contribution in [1.29, 1.82) is 0 Å². The molecule has 5 nitrogen and oxygen atoms in total. The molecule has 1 aliphatic rings. The molecule has 0 aliphatic carbocycles. The molecule has 0 radical (unpaired) electrons. The van der Waals surface area contributed by atoms with Crippen LogP contribution >= 0.6 is 0 Å². The maximum atomic E-state index is 11.3. The molecule has 0 aromatic carbocycles. The number of amides is 3. The van der Waals surface area contributed by atoms with Crippen molar-refractivity contribution in [3.05, 3.63) is 0 Å². The Morgan fingerprint density at radius 1 is 1.14 bits per heavy atom. The number of carbonyl (C=O) groups is 2. The third-order valence-corrected chi connectivity index (χ3v) is 2.44. The predicted octanol–water partition coefficient (Wildman–Crippen LogP) is -0.120. The Balaban J connectivity index is 2.38. The molecule has 1 saturated heterocycles. The van der Waals surface area contributed by atoms with Crippen LogP contribution in [0.4, 0.5) is 4.79 Å². The molecule has 80 valence electrons. The van der Waals surface area contributed by atoms with Gasteiger partial charge in [-0.3, -0.25) is 4.79 Å². The van der Waals surface area contributed by atoms with Gasteiger partial charge in [0, 0.05) is 39.6 Å². The van der Waals surface area contributed by atoms with Gasteiger partial charge in [0.25, 0.3) is 0 Å². The van der Waals surface area contributed by atoms with Gasteiger partial charge >= 0.3 is 6.03 Å². The molecule has 1 heterocycles. The number of hydrogen-bond donors (Lipinski definition) is 1. The van der Waals surface area contributed by atoms with Gasteiger partial charge < -0.3 is 15.1 Å². The average Bonchev–Trinajstić information content (AvgIpc) is 2.27. The minimum atomic E-state index is -0.0615. The summed E-state index contributed by atoms with van der Waals surface area (Å²) in [5.41, 5.74) is 0. The quantitative estimate of drug-likeness (QED) is 0.640. The van der Waals surface area contributed by atoms with Crippen molar-refractivity contribution in [2.45, 2.75) is 13.3 Å². The van der Waals surface area contributed by atoms with Crippen molar-refractivity contribution < 1.29 is 9.59 Å². The van der Waals surface area contributed by atoms with Gasteiger partial charge in [-0.1, -0.05) is 6.92 Å². The standard InChI is InChI=1S/C9H17N3O2/c1-3-8(13)11-4-6-12(7-5-11)9(14)10-2/h3-7H2,1-2H3,(H,10,14). The molecule has 0 spiro atoms. The van der Waals surface area contributed by atoms with E-state index in [1.807, 2.05) is 6.92 Å². The zero-order valence-corrected chi connectivity index (χ0v) is 8.75. The third kappa shape index (κ3) is 2.37. The number of nitrogens with zero attached hydrogens (tertiary/aromatic N) is 2. The fourth-order valence-electron chi connectivity index (χ4n) is 1.54. The van der Waals surface area contributed by atoms with Crippen LogP contribution < -0.4 is 5.32 Å². The first-order chi connectivity index (χ1) is 6.69. The fourth-order valence-corrected chi connectivity index (χ4v) is 1.54. The van der Waals surface area contributed by atoms with E-state index >= 15 is 0 Å². The summed E-state index contributed by atoms with van der Waals surface area (Å²) in [6.07, 6.45) is 0.542. The van der Waals surface area contributed by atoms with E-state index in [-0.39, 0.29) is 11.9 Å². The first kappa shape index (κ1) is 10.8. The normalized spacial score (nSPS) is 16.7. The van der Waals surface area contributed by atoms with E-state index in [9.17, 15) is 9.59 Å². The summed E-state index contributed by atoms with van der Waals surface area (Å²) in [6.45, 7) is 4.42. The summed E-state index contributed by atoms with van der Waals surface area (Å²) in [4.78, 5) is 26.1. The molecule has 14 heavy (non-hydrogen) atoms. The van der Waals surface area contributed by atoms with Gasteiger partial charge in [-0.2, -0.15) is 0 Å². The third-order valence-electron chi connectivity index (χ3n) is 2.44. The summed E-state index contributed by atoms with van der Waals surface area (Å²) < 4.78 is 0. The van der Waals surface area contributed by atoms with Gasteiger partial charge in [0.2, 0.25) is 5.91 Å². The SMILES string of the molecule is CCC(=O)N1CCN(C(=O)NC)CC1. The van der Waals surface area contributed by atoms with E-state index in [0.717, 1.165) is 0 Å². The van der Waals surface area contributed by atoms with Crippen molar-refractivity contribution >= 4 is 11.9 Å². The second-order valence-corrected chi connectivity index (χ2v) is 3.28. The fraction of sp³-hybridized carbons (Fsp3) is 0.778. The summed E-state index contributed by atoms with van der Waals surface area (Å²) >= 11 is 0. The zero-order chi connectivity index (χ0) is 10.6. The molecule has 0 saturated carbocycles. The second-order valence-electron chi connectivity index (χ2n) is 3.28. The largest absolute Gasteiger partial charge is 0.341 e. The molecule has 1 aliphatic heterocycles. The Morgan fingerprint density at radius 2 is 1.64 bits per heavy atom. The van der Waals surface area contributed by atoms with E-state index in [2.05, 4.69) is 5.32 Å². The maximum absolute atomic E-state index is 11.3. The molecule has 5 heteroatoms. The van der Waals surface area contributed by atoms with Crippen LogP contribution in [0.2, 0.25) is 0 Å². The van der Waals surface area contributed by atoms with Crippen molar-refractivity contribution in [3.63, 3.8) is 0 Å². The Morgan fingerprint density at radius 3 is 2.07 bits per heavy atom. The lowest BCUT2D eigenvalue weighted by molar-refractivity contribution is -0.132. The highest BCUT2D eigenvalue weighted by Gasteiger charge is 2.22.